The standard InChI is InChI=1S/C22H32N2O3/c1-22(2,3)19(25)21(27)24-16-10-8-14-18(24)20(26)23-15-9-7-13-17-11-5-4-6-12-17/h4-6,11-12,18H,7-10,13-16H2,1-3H3,(H,23,26)/t18-/m0/s1. The second kappa shape index (κ2) is 9.67. The van der Waals surface area contributed by atoms with Crippen LogP contribution in [-0.2, 0) is 20.8 Å². The highest BCUT2D eigenvalue weighted by molar-refractivity contribution is 6.38. The summed E-state index contributed by atoms with van der Waals surface area (Å²) in [6.45, 7) is 6.28. The molecule has 2 rings (SSSR count). The van der Waals surface area contributed by atoms with Gasteiger partial charge in [-0.2, -0.15) is 0 Å². The fraction of sp³-hybridized carbons (Fsp3) is 0.591. The first kappa shape index (κ1) is 21.1. The number of likely N-dealkylation sites (tertiary alicyclic amines) is 1. The molecule has 0 aliphatic carbocycles. The van der Waals surface area contributed by atoms with E-state index >= 15 is 0 Å². The van der Waals surface area contributed by atoms with Gasteiger partial charge in [-0.05, 0) is 44.1 Å². The van der Waals surface area contributed by atoms with Crippen LogP contribution >= 0.6 is 0 Å². The Morgan fingerprint density at radius 3 is 2.44 bits per heavy atom. The predicted octanol–water partition coefficient (Wildman–Crippen LogP) is 3.12. The summed E-state index contributed by atoms with van der Waals surface area (Å²) in [5.41, 5.74) is 0.570. The molecule has 0 radical (unpaired) electrons. The van der Waals surface area contributed by atoms with Crippen molar-refractivity contribution in [3.05, 3.63) is 35.9 Å². The number of Topliss-reactive ketones (excluding diaryl/α,β-unsaturated/α-hetero) is 1. The third-order valence-corrected chi connectivity index (χ3v) is 4.98. The van der Waals surface area contributed by atoms with Crippen molar-refractivity contribution in [2.75, 3.05) is 13.1 Å². The predicted molar refractivity (Wildman–Crippen MR) is 106 cm³/mol. The van der Waals surface area contributed by atoms with E-state index < -0.39 is 23.1 Å². The van der Waals surface area contributed by atoms with Gasteiger partial charge in [-0.25, -0.2) is 0 Å². The van der Waals surface area contributed by atoms with Crippen molar-refractivity contribution in [3.8, 4) is 0 Å². The van der Waals surface area contributed by atoms with Gasteiger partial charge in [-0.3, -0.25) is 14.4 Å². The lowest BCUT2D eigenvalue weighted by molar-refractivity contribution is -0.153. The number of rotatable bonds is 7. The van der Waals surface area contributed by atoms with E-state index in [0.29, 0.717) is 19.5 Å². The minimum Gasteiger partial charge on any atom is -0.354 e. The van der Waals surface area contributed by atoms with Gasteiger partial charge >= 0.3 is 0 Å². The minimum absolute atomic E-state index is 0.135. The van der Waals surface area contributed by atoms with E-state index in [4.69, 9.17) is 0 Å². The van der Waals surface area contributed by atoms with Crippen LogP contribution in [0.4, 0.5) is 0 Å². The molecule has 5 nitrogen and oxygen atoms in total. The molecule has 0 unspecified atom stereocenters. The number of carbonyl (C=O) groups excluding carboxylic acids is 3. The van der Waals surface area contributed by atoms with Crippen LogP contribution in [0, 0.1) is 5.41 Å². The molecule has 27 heavy (non-hydrogen) atoms. The average Bonchev–Trinajstić information content (AvgIpc) is 2.66. The first-order valence-corrected chi connectivity index (χ1v) is 9.98. The molecule has 1 N–H and O–H groups in total. The number of hydrogen-bond donors (Lipinski definition) is 1. The quantitative estimate of drug-likeness (QED) is 0.591. The van der Waals surface area contributed by atoms with E-state index in [1.165, 1.54) is 10.5 Å². The smallest absolute Gasteiger partial charge is 0.291 e. The molecule has 1 atom stereocenters. The molecule has 1 aromatic carbocycles. The number of benzene rings is 1. The minimum atomic E-state index is -0.729. The van der Waals surface area contributed by atoms with Gasteiger partial charge in [0, 0.05) is 18.5 Å². The lowest BCUT2D eigenvalue weighted by Gasteiger charge is -2.35. The number of unbranched alkanes of at least 4 members (excludes halogenated alkanes) is 1. The Morgan fingerprint density at radius 2 is 1.78 bits per heavy atom. The number of amides is 2. The number of nitrogens with one attached hydrogen (secondary N) is 1. The molecule has 148 valence electrons. The monoisotopic (exact) mass is 372 g/mol. The molecule has 1 aliphatic heterocycles. The fourth-order valence-corrected chi connectivity index (χ4v) is 3.33. The molecular formula is C22H32N2O3. The van der Waals surface area contributed by atoms with Crippen molar-refractivity contribution < 1.29 is 14.4 Å². The summed E-state index contributed by atoms with van der Waals surface area (Å²) in [5.74, 6) is -1.08. The van der Waals surface area contributed by atoms with E-state index in [2.05, 4.69) is 17.4 Å². The van der Waals surface area contributed by atoms with Gasteiger partial charge in [-0.15, -0.1) is 0 Å². The highest BCUT2D eigenvalue weighted by Gasteiger charge is 2.38. The molecule has 0 saturated carbocycles. The average molecular weight is 373 g/mol. The molecule has 0 aromatic heterocycles. The number of carbonyl (C=O) groups is 3. The van der Waals surface area contributed by atoms with E-state index in [-0.39, 0.29) is 5.91 Å². The van der Waals surface area contributed by atoms with E-state index in [0.717, 1.165) is 32.1 Å². The summed E-state index contributed by atoms with van der Waals surface area (Å²) in [7, 11) is 0. The first-order chi connectivity index (χ1) is 12.8. The third kappa shape index (κ3) is 6.19. The Bertz CT molecular complexity index is 649. The Hall–Kier alpha value is -2.17. The molecular weight excluding hydrogens is 340 g/mol. The summed E-state index contributed by atoms with van der Waals surface area (Å²) in [5, 5.41) is 2.96. The summed E-state index contributed by atoms with van der Waals surface area (Å²) in [6, 6.07) is 9.76. The number of hydrogen-bond acceptors (Lipinski definition) is 3. The van der Waals surface area contributed by atoms with Crippen molar-refractivity contribution >= 4 is 17.6 Å². The topological polar surface area (TPSA) is 66.5 Å². The summed E-state index contributed by atoms with van der Waals surface area (Å²) < 4.78 is 0. The Morgan fingerprint density at radius 1 is 1.07 bits per heavy atom. The van der Waals surface area contributed by atoms with Gasteiger partial charge in [0.15, 0.2) is 0 Å². The fourth-order valence-electron chi connectivity index (χ4n) is 3.33. The molecule has 1 saturated heterocycles. The van der Waals surface area contributed by atoms with Crippen LogP contribution in [0.3, 0.4) is 0 Å². The SMILES string of the molecule is CC(C)(C)C(=O)C(=O)N1CCCC[C@H]1C(=O)NCCCCc1ccccc1. The van der Waals surface area contributed by atoms with Crippen molar-refractivity contribution in [1.82, 2.24) is 10.2 Å². The third-order valence-electron chi connectivity index (χ3n) is 4.98. The summed E-state index contributed by atoms with van der Waals surface area (Å²) in [6.07, 6.45) is 5.25. The Balaban J connectivity index is 1.82. The molecule has 0 spiro atoms. The van der Waals surface area contributed by atoms with Crippen LogP contribution in [0.25, 0.3) is 0 Å². The number of nitrogens with zero attached hydrogens (tertiary/aromatic N) is 1. The lowest BCUT2D eigenvalue weighted by atomic mass is 9.89. The van der Waals surface area contributed by atoms with Gasteiger partial charge < -0.3 is 10.2 Å². The highest BCUT2D eigenvalue weighted by Crippen LogP contribution is 2.22. The van der Waals surface area contributed by atoms with Crippen LogP contribution < -0.4 is 5.32 Å². The molecule has 5 heteroatoms. The van der Waals surface area contributed by atoms with Gasteiger partial charge in [0.05, 0.1) is 0 Å². The summed E-state index contributed by atoms with van der Waals surface area (Å²) >= 11 is 0. The number of piperidine rings is 1. The zero-order chi connectivity index (χ0) is 19.9. The zero-order valence-electron chi connectivity index (χ0n) is 16.8. The number of aryl methyl sites for hydroxylation is 1. The first-order valence-electron chi connectivity index (χ1n) is 9.98. The molecule has 2 amide bonds. The molecule has 1 fully saturated rings. The highest BCUT2D eigenvalue weighted by atomic mass is 16.2. The lowest BCUT2D eigenvalue weighted by Crippen LogP contribution is -2.55. The molecule has 1 aliphatic rings. The van der Waals surface area contributed by atoms with E-state index in [1.54, 1.807) is 20.8 Å². The normalized spacial score (nSPS) is 17.4. The van der Waals surface area contributed by atoms with Crippen LogP contribution in [0.5, 0.6) is 0 Å². The van der Waals surface area contributed by atoms with Gasteiger partial charge in [0.2, 0.25) is 11.7 Å². The van der Waals surface area contributed by atoms with Crippen molar-refractivity contribution in [1.29, 1.82) is 0 Å². The number of ketones is 1. The van der Waals surface area contributed by atoms with Crippen LogP contribution in [0.2, 0.25) is 0 Å². The van der Waals surface area contributed by atoms with Crippen molar-refractivity contribution in [2.45, 2.75) is 65.3 Å². The Kier molecular flexibility index (Phi) is 7.57. The van der Waals surface area contributed by atoms with Gasteiger partial charge in [0.25, 0.3) is 5.91 Å². The molecule has 1 heterocycles. The van der Waals surface area contributed by atoms with Crippen molar-refractivity contribution in [3.63, 3.8) is 0 Å². The molecule has 1 aromatic rings. The second-order valence-corrected chi connectivity index (χ2v) is 8.32. The van der Waals surface area contributed by atoms with Crippen molar-refractivity contribution in [2.24, 2.45) is 5.41 Å². The maximum Gasteiger partial charge on any atom is 0.291 e. The van der Waals surface area contributed by atoms with Gasteiger partial charge in [-0.1, -0.05) is 51.1 Å². The maximum absolute atomic E-state index is 12.6. The maximum atomic E-state index is 12.6. The molecule has 0 bridgehead atoms. The van der Waals surface area contributed by atoms with Crippen LogP contribution in [0.15, 0.2) is 30.3 Å². The zero-order valence-corrected chi connectivity index (χ0v) is 16.8. The second-order valence-electron chi connectivity index (χ2n) is 8.32. The Labute approximate surface area is 162 Å². The van der Waals surface area contributed by atoms with E-state index in [9.17, 15) is 14.4 Å². The van der Waals surface area contributed by atoms with Crippen LogP contribution in [-0.4, -0.2) is 41.6 Å². The van der Waals surface area contributed by atoms with E-state index in [1.807, 2.05) is 18.2 Å². The summed E-state index contributed by atoms with van der Waals surface area (Å²) in [4.78, 5) is 39.0. The van der Waals surface area contributed by atoms with Gasteiger partial charge in [0.1, 0.15) is 6.04 Å². The van der Waals surface area contributed by atoms with Crippen LogP contribution in [0.1, 0.15) is 58.4 Å². The largest absolute Gasteiger partial charge is 0.354 e.